The molecule has 0 heterocycles. The van der Waals surface area contributed by atoms with E-state index in [-0.39, 0.29) is 11.4 Å². The summed E-state index contributed by atoms with van der Waals surface area (Å²) in [5.74, 6) is 1.33. The van der Waals surface area contributed by atoms with Crippen molar-refractivity contribution in [3.8, 4) is 17.2 Å². The summed E-state index contributed by atoms with van der Waals surface area (Å²) >= 11 is 0. The van der Waals surface area contributed by atoms with Gasteiger partial charge in [-0.15, -0.1) is 0 Å². The normalized spacial score (nSPS) is 10.6. The molecule has 0 radical (unpaired) electrons. The van der Waals surface area contributed by atoms with Crippen molar-refractivity contribution in [1.82, 2.24) is 0 Å². The van der Waals surface area contributed by atoms with E-state index in [2.05, 4.69) is 12.1 Å². The van der Waals surface area contributed by atoms with Gasteiger partial charge >= 0.3 is 5.69 Å². The van der Waals surface area contributed by atoms with Crippen LogP contribution in [0.2, 0.25) is 0 Å². The van der Waals surface area contributed by atoms with E-state index >= 15 is 0 Å². The molecular weight excluding hydrogens is 446 g/mol. The van der Waals surface area contributed by atoms with Gasteiger partial charge < -0.3 is 19.3 Å². The number of nitro benzene ring substituents is 1. The minimum absolute atomic E-state index is 0.262. The number of rotatable bonds is 7. The largest absolute Gasteiger partial charge is 0.502 e. The fraction of sp³-hybridized carbons (Fsp3) is 0.143. The average molecular weight is 474 g/mol. The number of nitro groups is 1. The zero-order valence-electron chi connectivity index (χ0n) is 19.8. The van der Waals surface area contributed by atoms with E-state index in [9.17, 15) is 10.1 Å². The van der Waals surface area contributed by atoms with Gasteiger partial charge in [0.15, 0.2) is 5.75 Å². The Hall–Kier alpha value is -4.36. The van der Waals surface area contributed by atoms with Crippen LogP contribution in [0.3, 0.4) is 0 Å². The molecule has 0 fully saturated rings. The molecule has 4 rings (SSSR count). The molecule has 4 aromatic carbocycles. The van der Waals surface area contributed by atoms with E-state index in [1.54, 1.807) is 21.3 Å². The molecule has 0 aliphatic carbocycles. The molecule has 0 bridgehead atoms. The molecule has 1 N–H and O–H groups in total. The quantitative estimate of drug-likeness (QED) is 0.203. The fourth-order valence-corrected chi connectivity index (χ4v) is 3.80. The third-order valence-corrected chi connectivity index (χ3v) is 5.56. The minimum Gasteiger partial charge on any atom is -0.502 e. The van der Waals surface area contributed by atoms with Gasteiger partial charge in [0.2, 0.25) is 0 Å². The molecular formula is C28H27NO6. The Labute approximate surface area is 204 Å². The monoisotopic (exact) mass is 473 g/mol. The maximum Gasteiger partial charge on any atom is 0.310 e. The highest BCUT2D eigenvalue weighted by molar-refractivity contribution is 5.49. The van der Waals surface area contributed by atoms with E-state index in [0.29, 0.717) is 0 Å². The van der Waals surface area contributed by atoms with E-state index in [0.717, 1.165) is 28.2 Å². The third-order valence-electron chi connectivity index (χ3n) is 5.56. The maximum atomic E-state index is 10.1. The molecule has 0 aliphatic rings. The molecule has 0 spiro atoms. The van der Waals surface area contributed by atoms with Crippen molar-refractivity contribution in [3.63, 3.8) is 0 Å². The van der Waals surface area contributed by atoms with Crippen LogP contribution in [0.15, 0.2) is 103 Å². The second-order valence-electron chi connectivity index (χ2n) is 7.45. The van der Waals surface area contributed by atoms with E-state index < -0.39 is 10.5 Å². The molecule has 0 atom stereocenters. The molecule has 0 amide bonds. The van der Waals surface area contributed by atoms with Crippen molar-refractivity contribution in [1.29, 1.82) is 0 Å². The number of ether oxygens (including phenoxy) is 3. The first-order chi connectivity index (χ1) is 17.0. The lowest BCUT2D eigenvalue weighted by Crippen LogP contribution is -2.31. The van der Waals surface area contributed by atoms with Gasteiger partial charge in [0.05, 0.1) is 19.1 Å². The van der Waals surface area contributed by atoms with Gasteiger partial charge in [-0.2, -0.15) is 0 Å². The highest BCUT2D eigenvalue weighted by atomic mass is 16.6. The smallest absolute Gasteiger partial charge is 0.310 e. The second-order valence-corrected chi connectivity index (χ2v) is 7.45. The Morgan fingerprint density at radius 3 is 1.46 bits per heavy atom. The van der Waals surface area contributed by atoms with Gasteiger partial charge in [0.1, 0.15) is 17.1 Å². The molecule has 7 heteroatoms. The van der Waals surface area contributed by atoms with Crippen LogP contribution in [0.1, 0.15) is 16.7 Å². The highest BCUT2D eigenvalue weighted by Gasteiger charge is 2.36. The van der Waals surface area contributed by atoms with Crippen molar-refractivity contribution in [2.45, 2.75) is 5.60 Å². The van der Waals surface area contributed by atoms with Gasteiger partial charge in [-0.1, -0.05) is 66.7 Å². The summed E-state index contributed by atoms with van der Waals surface area (Å²) in [4.78, 5) is 9.44. The van der Waals surface area contributed by atoms with Gasteiger partial charge in [-0.3, -0.25) is 10.1 Å². The minimum atomic E-state index is -0.709. The summed E-state index contributed by atoms with van der Waals surface area (Å²) in [7, 11) is 5.07. The summed E-state index contributed by atoms with van der Waals surface area (Å²) < 4.78 is 16.8. The molecule has 0 unspecified atom stereocenters. The SMILES string of the molecule is COc1ccc(C(OC)(c2ccccc2)c2ccc(OC)cc2)cc1.O=[N+]([O-])c1ccccc1O. The van der Waals surface area contributed by atoms with Crippen LogP contribution < -0.4 is 9.47 Å². The lowest BCUT2D eigenvalue weighted by Gasteiger charge is -2.34. The Bertz CT molecular complexity index is 1180. The topological polar surface area (TPSA) is 91.1 Å². The first-order valence-electron chi connectivity index (χ1n) is 10.8. The summed E-state index contributed by atoms with van der Waals surface area (Å²) in [5.41, 5.74) is 2.16. The third kappa shape index (κ3) is 5.59. The zero-order valence-corrected chi connectivity index (χ0v) is 19.8. The summed E-state index contributed by atoms with van der Waals surface area (Å²) in [5, 5.41) is 18.9. The van der Waals surface area contributed by atoms with E-state index in [1.807, 2.05) is 66.7 Å². The number of aromatic hydroxyl groups is 1. The molecule has 0 aromatic heterocycles. The van der Waals surface area contributed by atoms with Crippen LogP contribution in [0, 0.1) is 10.1 Å². The Morgan fingerprint density at radius 2 is 1.09 bits per heavy atom. The molecule has 35 heavy (non-hydrogen) atoms. The van der Waals surface area contributed by atoms with Crippen LogP contribution in [0.5, 0.6) is 17.2 Å². The van der Waals surface area contributed by atoms with Crippen LogP contribution in [0.4, 0.5) is 5.69 Å². The maximum absolute atomic E-state index is 10.1. The highest BCUT2D eigenvalue weighted by Crippen LogP contribution is 2.40. The number of hydrogen-bond donors (Lipinski definition) is 1. The second kappa shape index (κ2) is 11.7. The molecule has 180 valence electrons. The van der Waals surface area contributed by atoms with Crippen LogP contribution in [-0.2, 0) is 10.3 Å². The standard InChI is InChI=1S/C22H22O3.C6H5NO3/c1-23-20-13-9-18(10-14-20)22(25-3,17-7-5-4-6-8-17)19-11-15-21(24-2)16-12-19;8-6-4-2-1-3-5(6)7(9)10/h4-16H,1-3H3;1-4,8H. The number of hydrogen-bond acceptors (Lipinski definition) is 6. The molecule has 4 aromatic rings. The van der Waals surface area contributed by atoms with Crippen molar-refractivity contribution in [3.05, 3.63) is 130 Å². The lowest BCUT2D eigenvalue weighted by atomic mass is 9.80. The van der Waals surface area contributed by atoms with Gasteiger partial charge in [-0.25, -0.2) is 0 Å². The number of phenolic OH excluding ortho intramolecular Hbond substituents is 1. The van der Waals surface area contributed by atoms with Crippen LogP contribution in [-0.4, -0.2) is 31.4 Å². The number of methoxy groups -OCH3 is 3. The predicted octanol–water partition coefficient (Wildman–Crippen LogP) is 5.94. The summed E-state index contributed by atoms with van der Waals surface area (Å²) in [6.45, 7) is 0. The zero-order chi connectivity index (χ0) is 25.3. The molecule has 7 nitrogen and oxygen atoms in total. The predicted molar refractivity (Wildman–Crippen MR) is 134 cm³/mol. The first-order valence-corrected chi connectivity index (χ1v) is 10.8. The van der Waals surface area contributed by atoms with E-state index in [1.165, 1.54) is 24.3 Å². The van der Waals surface area contributed by atoms with E-state index in [4.69, 9.17) is 19.3 Å². The first kappa shape index (κ1) is 25.3. The summed E-state index contributed by atoms with van der Waals surface area (Å²) in [6, 6.07) is 31.7. The Balaban J connectivity index is 0.000000287. The molecule has 0 aliphatic heterocycles. The number of phenols is 1. The molecule has 0 saturated carbocycles. The summed E-state index contributed by atoms with van der Waals surface area (Å²) in [6.07, 6.45) is 0. The van der Waals surface area contributed by atoms with Crippen LogP contribution >= 0.6 is 0 Å². The van der Waals surface area contributed by atoms with Crippen LogP contribution in [0.25, 0.3) is 0 Å². The number of para-hydroxylation sites is 2. The van der Waals surface area contributed by atoms with Crippen molar-refractivity contribution in [2.75, 3.05) is 21.3 Å². The Kier molecular flexibility index (Phi) is 8.43. The molecule has 0 saturated heterocycles. The van der Waals surface area contributed by atoms with Gasteiger partial charge in [0.25, 0.3) is 0 Å². The number of benzene rings is 4. The lowest BCUT2D eigenvalue weighted by molar-refractivity contribution is -0.385. The fourth-order valence-electron chi connectivity index (χ4n) is 3.80. The van der Waals surface area contributed by atoms with Crippen molar-refractivity contribution < 1.29 is 24.2 Å². The number of nitrogens with zero attached hydrogens (tertiary/aromatic N) is 1. The van der Waals surface area contributed by atoms with Gasteiger partial charge in [0, 0.05) is 13.2 Å². The van der Waals surface area contributed by atoms with Crippen molar-refractivity contribution >= 4 is 5.69 Å². The van der Waals surface area contributed by atoms with Crippen molar-refractivity contribution in [2.24, 2.45) is 0 Å². The Morgan fingerprint density at radius 1 is 0.657 bits per heavy atom. The average Bonchev–Trinajstić information content (AvgIpc) is 2.91. The van der Waals surface area contributed by atoms with Gasteiger partial charge in [-0.05, 0) is 47.0 Å².